The van der Waals surface area contributed by atoms with Crippen molar-refractivity contribution in [1.29, 1.82) is 0 Å². The fraction of sp³-hybridized carbons (Fsp3) is 0.250. The van der Waals surface area contributed by atoms with Gasteiger partial charge in [0.25, 0.3) is 5.91 Å². The number of benzene rings is 1. The monoisotopic (exact) mass is 323 g/mol. The summed E-state index contributed by atoms with van der Waals surface area (Å²) in [6, 6.07) is 3.53. The van der Waals surface area contributed by atoms with Crippen molar-refractivity contribution in [3.8, 4) is 0 Å². The van der Waals surface area contributed by atoms with E-state index in [0.29, 0.717) is 17.5 Å². The molecule has 0 saturated heterocycles. The van der Waals surface area contributed by atoms with Crippen molar-refractivity contribution >= 4 is 11.9 Å². The summed E-state index contributed by atoms with van der Waals surface area (Å²) >= 11 is 0. The third kappa shape index (κ3) is 4.15. The van der Waals surface area contributed by atoms with Gasteiger partial charge in [-0.1, -0.05) is 6.07 Å². The van der Waals surface area contributed by atoms with Crippen LogP contribution in [0, 0.1) is 18.6 Å². The molecule has 7 heteroatoms. The molecular formula is C16H15F2NO4. The summed E-state index contributed by atoms with van der Waals surface area (Å²) in [5, 5.41) is 11.4. The summed E-state index contributed by atoms with van der Waals surface area (Å²) in [5.74, 6) is -3.35. The van der Waals surface area contributed by atoms with Crippen LogP contribution in [-0.2, 0) is 17.6 Å². The molecule has 0 fully saturated rings. The number of carboxylic acid groups (broad SMARTS) is 1. The lowest BCUT2D eigenvalue weighted by Crippen LogP contribution is -2.27. The smallest absolute Gasteiger partial charge is 0.311 e. The minimum atomic E-state index is -1.10. The van der Waals surface area contributed by atoms with E-state index in [4.69, 9.17) is 9.52 Å². The molecule has 0 unspecified atom stereocenters. The van der Waals surface area contributed by atoms with E-state index in [0.717, 1.165) is 12.1 Å². The minimum Gasteiger partial charge on any atom is -0.481 e. The lowest BCUT2D eigenvalue weighted by Gasteiger charge is -2.06. The van der Waals surface area contributed by atoms with Gasteiger partial charge in [0.1, 0.15) is 12.2 Å². The van der Waals surface area contributed by atoms with Crippen LogP contribution in [0.1, 0.15) is 27.2 Å². The lowest BCUT2D eigenvalue weighted by molar-refractivity contribution is -0.136. The number of carbonyl (C=O) groups is 2. The Balaban J connectivity index is 1.98. The predicted molar refractivity (Wildman–Crippen MR) is 77.2 cm³/mol. The number of halogens is 2. The maximum absolute atomic E-state index is 13.1. The van der Waals surface area contributed by atoms with Gasteiger partial charge in [0.15, 0.2) is 11.6 Å². The van der Waals surface area contributed by atoms with E-state index in [9.17, 15) is 18.4 Å². The molecule has 23 heavy (non-hydrogen) atoms. The average Bonchev–Trinajstić information content (AvgIpc) is 2.82. The van der Waals surface area contributed by atoms with E-state index < -0.39 is 23.5 Å². The Labute approximate surface area is 130 Å². The Kier molecular flexibility index (Phi) is 5.10. The van der Waals surface area contributed by atoms with Crippen LogP contribution in [0.2, 0.25) is 0 Å². The number of hydrogen-bond acceptors (Lipinski definition) is 3. The quantitative estimate of drug-likeness (QED) is 0.856. The molecule has 5 nitrogen and oxygen atoms in total. The van der Waals surface area contributed by atoms with Crippen molar-refractivity contribution in [2.24, 2.45) is 0 Å². The van der Waals surface area contributed by atoms with Gasteiger partial charge in [-0.25, -0.2) is 8.78 Å². The van der Waals surface area contributed by atoms with Crippen molar-refractivity contribution < 1.29 is 27.9 Å². The first kappa shape index (κ1) is 16.7. The molecule has 2 aromatic rings. The number of hydrogen-bond donors (Lipinski definition) is 2. The largest absolute Gasteiger partial charge is 0.481 e. The highest BCUT2D eigenvalue weighted by atomic mass is 19.2. The number of carbonyl (C=O) groups excluding carboxylic acids is 1. The Bertz CT molecular complexity index is 740. The predicted octanol–water partition coefficient (Wildman–Crippen LogP) is 2.47. The van der Waals surface area contributed by atoms with Crippen molar-refractivity contribution in [3.05, 3.63) is 58.5 Å². The van der Waals surface area contributed by atoms with Crippen molar-refractivity contribution in [3.63, 3.8) is 0 Å². The maximum Gasteiger partial charge on any atom is 0.311 e. The zero-order valence-electron chi connectivity index (χ0n) is 12.4. The van der Waals surface area contributed by atoms with E-state index >= 15 is 0 Å². The molecule has 0 aliphatic rings. The summed E-state index contributed by atoms with van der Waals surface area (Å²) in [7, 11) is 0. The molecule has 0 atom stereocenters. The number of nitrogens with one attached hydrogen (secondary N) is 1. The van der Waals surface area contributed by atoms with Gasteiger partial charge in [0, 0.05) is 12.1 Å². The van der Waals surface area contributed by atoms with Crippen LogP contribution in [0.25, 0.3) is 0 Å². The number of aliphatic carboxylic acids is 1. The van der Waals surface area contributed by atoms with E-state index in [1.54, 1.807) is 6.92 Å². The summed E-state index contributed by atoms with van der Waals surface area (Å²) in [5.41, 5.74) is 1.27. The topological polar surface area (TPSA) is 79.5 Å². The van der Waals surface area contributed by atoms with Crippen molar-refractivity contribution in [2.45, 2.75) is 19.8 Å². The van der Waals surface area contributed by atoms with Crippen LogP contribution < -0.4 is 5.32 Å². The van der Waals surface area contributed by atoms with E-state index in [2.05, 4.69) is 5.32 Å². The third-order valence-electron chi connectivity index (χ3n) is 3.27. The Hall–Kier alpha value is -2.70. The molecular weight excluding hydrogens is 308 g/mol. The summed E-state index contributed by atoms with van der Waals surface area (Å²) in [4.78, 5) is 22.9. The van der Waals surface area contributed by atoms with Gasteiger partial charge in [0.05, 0.1) is 11.8 Å². The van der Waals surface area contributed by atoms with Gasteiger partial charge >= 0.3 is 5.97 Å². The Morgan fingerprint density at radius 3 is 2.65 bits per heavy atom. The first-order valence-corrected chi connectivity index (χ1v) is 6.89. The molecule has 0 spiro atoms. The molecule has 0 bridgehead atoms. The highest BCUT2D eigenvalue weighted by Crippen LogP contribution is 2.17. The maximum atomic E-state index is 13.1. The SMILES string of the molecule is Cc1coc(CC(=O)O)c1C(=O)NCCc1ccc(F)c(F)c1. The molecule has 122 valence electrons. The molecule has 1 amide bonds. The highest BCUT2D eigenvalue weighted by molar-refractivity contribution is 5.97. The molecule has 0 radical (unpaired) electrons. The van der Waals surface area contributed by atoms with Crippen LogP contribution >= 0.6 is 0 Å². The van der Waals surface area contributed by atoms with Gasteiger partial charge in [-0.15, -0.1) is 0 Å². The average molecular weight is 323 g/mol. The van der Waals surface area contributed by atoms with Crippen LogP contribution in [0.15, 0.2) is 28.9 Å². The van der Waals surface area contributed by atoms with Gasteiger partial charge in [-0.2, -0.15) is 0 Å². The molecule has 2 N–H and O–H groups in total. The standard InChI is InChI=1S/C16H15F2NO4/c1-9-8-23-13(7-14(20)21)15(9)16(22)19-5-4-10-2-3-11(17)12(18)6-10/h2-3,6,8H,4-5,7H2,1H3,(H,19,22)(H,20,21). The van der Waals surface area contributed by atoms with Crippen LogP contribution in [0.3, 0.4) is 0 Å². The first-order chi connectivity index (χ1) is 10.9. The summed E-state index contributed by atoms with van der Waals surface area (Å²) in [6.07, 6.45) is 1.25. The molecule has 1 heterocycles. The molecule has 0 saturated carbocycles. The lowest BCUT2D eigenvalue weighted by atomic mass is 10.1. The van der Waals surface area contributed by atoms with Crippen LogP contribution in [-0.4, -0.2) is 23.5 Å². The highest BCUT2D eigenvalue weighted by Gasteiger charge is 2.20. The molecule has 1 aromatic heterocycles. The van der Waals surface area contributed by atoms with Crippen LogP contribution in [0.5, 0.6) is 0 Å². The van der Waals surface area contributed by atoms with Gasteiger partial charge < -0.3 is 14.8 Å². The van der Waals surface area contributed by atoms with Gasteiger partial charge in [-0.05, 0) is 31.0 Å². The van der Waals surface area contributed by atoms with E-state index in [-0.39, 0.29) is 24.3 Å². The molecule has 2 rings (SSSR count). The zero-order chi connectivity index (χ0) is 17.0. The minimum absolute atomic E-state index is 0.0836. The van der Waals surface area contributed by atoms with Crippen molar-refractivity contribution in [1.82, 2.24) is 5.32 Å². The number of carboxylic acids is 1. The van der Waals surface area contributed by atoms with Gasteiger partial charge in [0.2, 0.25) is 0 Å². The summed E-state index contributed by atoms with van der Waals surface area (Å²) < 4.78 is 31.0. The second-order valence-electron chi connectivity index (χ2n) is 5.04. The number of amides is 1. The van der Waals surface area contributed by atoms with E-state index in [1.165, 1.54) is 12.3 Å². The number of rotatable bonds is 6. The molecule has 0 aliphatic carbocycles. The van der Waals surface area contributed by atoms with Gasteiger partial charge in [-0.3, -0.25) is 9.59 Å². The fourth-order valence-corrected chi connectivity index (χ4v) is 2.17. The Morgan fingerprint density at radius 1 is 1.26 bits per heavy atom. The fourth-order valence-electron chi connectivity index (χ4n) is 2.17. The second-order valence-corrected chi connectivity index (χ2v) is 5.04. The number of aryl methyl sites for hydroxylation is 1. The normalized spacial score (nSPS) is 10.6. The summed E-state index contributed by atoms with van der Waals surface area (Å²) in [6.45, 7) is 1.83. The van der Waals surface area contributed by atoms with E-state index in [1.807, 2.05) is 0 Å². The third-order valence-corrected chi connectivity index (χ3v) is 3.27. The molecule has 1 aromatic carbocycles. The van der Waals surface area contributed by atoms with Crippen LogP contribution in [0.4, 0.5) is 8.78 Å². The van der Waals surface area contributed by atoms with Crippen molar-refractivity contribution in [2.75, 3.05) is 6.54 Å². The first-order valence-electron chi connectivity index (χ1n) is 6.89. The molecule has 0 aliphatic heterocycles. The zero-order valence-corrected chi connectivity index (χ0v) is 12.4. The Morgan fingerprint density at radius 2 is 2.00 bits per heavy atom. The second kappa shape index (κ2) is 7.04. The number of furan rings is 1.